The predicted molar refractivity (Wildman–Crippen MR) is 152 cm³/mol. The normalized spacial score (nSPS) is 18.1. The number of hydrogen-bond donors (Lipinski definition) is 3. The van der Waals surface area contributed by atoms with E-state index in [0.29, 0.717) is 45.9 Å². The molecule has 0 unspecified atom stereocenters. The second-order valence-electron chi connectivity index (χ2n) is 9.82. The molecule has 11 heteroatoms. The topological polar surface area (TPSA) is 120 Å². The summed E-state index contributed by atoms with van der Waals surface area (Å²) in [6.45, 7) is 4.08. The van der Waals surface area contributed by atoms with Gasteiger partial charge in [0, 0.05) is 44.8 Å². The van der Waals surface area contributed by atoms with Crippen LogP contribution >= 0.6 is 23.2 Å². The largest absolute Gasteiger partial charge is 0.394 e. The van der Waals surface area contributed by atoms with Gasteiger partial charge in [0.1, 0.15) is 0 Å². The molecule has 3 N–H and O–H groups in total. The van der Waals surface area contributed by atoms with Crippen LogP contribution < -0.4 is 5.32 Å². The molecule has 1 atom stereocenters. The zero-order valence-electron chi connectivity index (χ0n) is 21.3. The molecule has 3 aromatic rings. The summed E-state index contributed by atoms with van der Waals surface area (Å²) < 4.78 is 26.6. The second kappa shape index (κ2) is 10.5. The van der Waals surface area contributed by atoms with Gasteiger partial charge in [0.25, 0.3) is 11.8 Å². The third-order valence-electron chi connectivity index (χ3n) is 7.36. The lowest BCUT2D eigenvalue weighted by molar-refractivity contribution is -0.110. The van der Waals surface area contributed by atoms with E-state index in [1.807, 2.05) is 0 Å². The van der Waals surface area contributed by atoms with Crippen LogP contribution in [-0.2, 0) is 20.4 Å². The molecule has 2 aliphatic heterocycles. The van der Waals surface area contributed by atoms with E-state index in [9.17, 15) is 23.1 Å². The van der Waals surface area contributed by atoms with Gasteiger partial charge in [0.2, 0.25) is 0 Å². The SMILES string of the molecule is Cc1[nH]c(/C=C2\C(=O)Nc3ccc(S(=O)(=O)Cc4c(Cl)cccc4Cl)cc32)c(C)c1C(=O)N1CCC[C@H]1CO. The van der Waals surface area contributed by atoms with Crippen LogP contribution in [0.3, 0.4) is 0 Å². The molecule has 0 bridgehead atoms. The van der Waals surface area contributed by atoms with Gasteiger partial charge in [0.15, 0.2) is 9.84 Å². The van der Waals surface area contributed by atoms with E-state index >= 15 is 0 Å². The number of aromatic nitrogens is 1. The molecule has 1 aromatic heterocycles. The van der Waals surface area contributed by atoms with Gasteiger partial charge in [-0.05, 0) is 68.7 Å². The van der Waals surface area contributed by atoms with Crippen molar-refractivity contribution in [3.05, 3.63) is 80.1 Å². The fraction of sp³-hybridized carbons (Fsp3) is 0.286. The highest BCUT2D eigenvalue weighted by molar-refractivity contribution is 7.90. The van der Waals surface area contributed by atoms with Crippen LogP contribution in [0.15, 0.2) is 41.3 Å². The van der Waals surface area contributed by atoms with Crippen LogP contribution in [0.4, 0.5) is 5.69 Å². The molecule has 0 saturated carbocycles. The van der Waals surface area contributed by atoms with Crippen molar-refractivity contribution >= 4 is 62.2 Å². The minimum atomic E-state index is -3.85. The van der Waals surface area contributed by atoms with Crippen molar-refractivity contribution in [1.82, 2.24) is 9.88 Å². The summed E-state index contributed by atoms with van der Waals surface area (Å²) in [6.07, 6.45) is 3.23. The van der Waals surface area contributed by atoms with Crippen LogP contribution in [0, 0.1) is 13.8 Å². The summed E-state index contributed by atoms with van der Waals surface area (Å²) in [4.78, 5) is 31.2. The number of sulfone groups is 1. The van der Waals surface area contributed by atoms with E-state index < -0.39 is 15.6 Å². The smallest absolute Gasteiger partial charge is 0.256 e. The highest BCUT2D eigenvalue weighted by Crippen LogP contribution is 2.37. The Morgan fingerprint density at radius 1 is 1.18 bits per heavy atom. The summed E-state index contributed by atoms with van der Waals surface area (Å²) >= 11 is 12.4. The Balaban J connectivity index is 1.50. The Kier molecular flexibility index (Phi) is 7.37. The Labute approximate surface area is 236 Å². The number of aliphatic hydroxyl groups is 1. The predicted octanol–water partition coefficient (Wildman–Crippen LogP) is 5.00. The summed E-state index contributed by atoms with van der Waals surface area (Å²) in [5.74, 6) is -0.936. The minimum Gasteiger partial charge on any atom is -0.394 e. The lowest BCUT2D eigenvalue weighted by Crippen LogP contribution is -2.38. The number of amides is 2. The van der Waals surface area contributed by atoms with E-state index in [0.717, 1.165) is 12.8 Å². The number of hydrogen-bond acceptors (Lipinski definition) is 5. The second-order valence-corrected chi connectivity index (χ2v) is 12.6. The lowest BCUT2D eigenvalue weighted by atomic mass is 10.0. The van der Waals surface area contributed by atoms with Crippen molar-refractivity contribution in [3.8, 4) is 0 Å². The molecule has 1 saturated heterocycles. The number of likely N-dealkylation sites (tertiary alicyclic amines) is 1. The number of H-pyrrole nitrogens is 1. The van der Waals surface area contributed by atoms with Crippen molar-refractivity contribution in [3.63, 3.8) is 0 Å². The fourth-order valence-electron chi connectivity index (χ4n) is 5.27. The van der Waals surface area contributed by atoms with E-state index in [-0.39, 0.29) is 45.0 Å². The summed E-state index contributed by atoms with van der Waals surface area (Å²) in [5, 5.41) is 13.0. The van der Waals surface area contributed by atoms with Crippen molar-refractivity contribution in [2.75, 3.05) is 18.5 Å². The number of aliphatic hydroxyl groups excluding tert-OH is 1. The minimum absolute atomic E-state index is 0.0268. The number of halogens is 2. The van der Waals surface area contributed by atoms with Crippen molar-refractivity contribution in [2.45, 2.75) is 43.4 Å². The van der Waals surface area contributed by atoms with Crippen LogP contribution in [0.2, 0.25) is 10.0 Å². The number of rotatable bonds is 6. The van der Waals surface area contributed by atoms with Gasteiger partial charge >= 0.3 is 0 Å². The Morgan fingerprint density at radius 2 is 1.90 bits per heavy atom. The Hall–Kier alpha value is -3.11. The van der Waals surface area contributed by atoms with Gasteiger partial charge < -0.3 is 20.3 Å². The molecule has 8 nitrogen and oxygen atoms in total. The molecular weight excluding hydrogens is 561 g/mol. The summed E-state index contributed by atoms with van der Waals surface area (Å²) in [6, 6.07) is 9.06. The number of aromatic amines is 1. The fourth-order valence-corrected chi connectivity index (χ4v) is 7.39. The zero-order chi connectivity index (χ0) is 28.1. The molecule has 2 amide bonds. The Bertz CT molecular complexity index is 1620. The van der Waals surface area contributed by atoms with Gasteiger partial charge in [-0.2, -0.15) is 0 Å². The number of aryl methyl sites for hydroxylation is 1. The zero-order valence-corrected chi connectivity index (χ0v) is 23.7. The molecule has 204 valence electrons. The van der Waals surface area contributed by atoms with E-state index in [1.165, 1.54) is 12.1 Å². The number of nitrogens with one attached hydrogen (secondary N) is 2. The van der Waals surface area contributed by atoms with E-state index in [1.54, 1.807) is 49.1 Å². The van der Waals surface area contributed by atoms with Crippen LogP contribution in [0.25, 0.3) is 11.6 Å². The molecule has 3 heterocycles. The number of nitrogens with zero attached hydrogens (tertiary/aromatic N) is 1. The molecule has 5 rings (SSSR count). The van der Waals surface area contributed by atoms with Crippen molar-refractivity contribution < 1.29 is 23.1 Å². The van der Waals surface area contributed by atoms with E-state index in [2.05, 4.69) is 10.3 Å². The standard InChI is InChI=1S/C28H27Cl2N3O5S/c1-15-25(31-16(2)26(15)28(36)33-10-4-5-17(33)13-34)12-20-19-11-18(8-9-24(19)32-27(20)35)39(37,38)14-21-22(29)6-3-7-23(21)30/h3,6-9,11-12,17,31,34H,4-5,10,13-14H2,1-2H3,(H,32,35)/b20-12-/t17-/m0/s1. The molecule has 39 heavy (non-hydrogen) atoms. The first-order chi connectivity index (χ1) is 18.5. The number of fused-ring (bicyclic) bond motifs is 1. The number of anilines is 1. The molecule has 0 aliphatic carbocycles. The number of carbonyl (C=O) groups is 2. The number of carbonyl (C=O) groups excluding carboxylic acids is 2. The van der Waals surface area contributed by atoms with Crippen molar-refractivity contribution in [2.24, 2.45) is 0 Å². The molecule has 0 radical (unpaired) electrons. The Morgan fingerprint density at radius 3 is 2.59 bits per heavy atom. The van der Waals surface area contributed by atoms with Gasteiger partial charge in [-0.1, -0.05) is 29.3 Å². The van der Waals surface area contributed by atoms with Gasteiger partial charge in [-0.25, -0.2) is 8.42 Å². The summed E-state index contributed by atoms with van der Waals surface area (Å²) in [7, 11) is -3.85. The van der Waals surface area contributed by atoms with E-state index in [4.69, 9.17) is 23.2 Å². The maximum absolute atomic E-state index is 13.3. The van der Waals surface area contributed by atoms with Gasteiger partial charge in [-0.15, -0.1) is 0 Å². The quantitative estimate of drug-likeness (QED) is 0.350. The van der Waals surface area contributed by atoms with Crippen LogP contribution in [0.5, 0.6) is 0 Å². The molecular formula is C28H27Cl2N3O5S. The molecule has 2 aliphatic rings. The van der Waals surface area contributed by atoms with Crippen molar-refractivity contribution in [1.29, 1.82) is 0 Å². The van der Waals surface area contributed by atoms with Crippen LogP contribution in [0.1, 0.15) is 51.3 Å². The number of benzene rings is 2. The monoisotopic (exact) mass is 587 g/mol. The highest BCUT2D eigenvalue weighted by Gasteiger charge is 2.32. The third-order valence-corrected chi connectivity index (χ3v) is 9.71. The van der Waals surface area contributed by atoms with Gasteiger partial charge in [0.05, 0.1) is 34.4 Å². The third kappa shape index (κ3) is 5.00. The maximum Gasteiger partial charge on any atom is 0.256 e. The molecule has 0 spiro atoms. The first-order valence-corrected chi connectivity index (χ1v) is 14.9. The summed E-state index contributed by atoms with van der Waals surface area (Å²) in [5.41, 5.74) is 3.91. The first kappa shape index (κ1) is 27.5. The maximum atomic E-state index is 13.3. The lowest BCUT2D eigenvalue weighted by Gasteiger charge is -2.23. The molecule has 2 aromatic carbocycles. The average Bonchev–Trinajstić information content (AvgIpc) is 3.57. The van der Waals surface area contributed by atoms with Crippen LogP contribution in [-0.4, -0.2) is 54.4 Å². The molecule has 1 fully saturated rings. The van der Waals surface area contributed by atoms with Gasteiger partial charge in [-0.3, -0.25) is 9.59 Å². The first-order valence-electron chi connectivity index (χ1n) is 12.5. The highest BCUT2D eigenvalue weighted by atomic mass is 35.5. The average molecular weight is 589 g/mol.